The highest BCUT2D eigenvalue weighted by Gasteiger charge is 2.42. The molecular weight excluding hydrogens is 366 g/mol. The number of H-pyrrole nitrogens is 1. The van der Waals surface area contributed by atoms with E-state index in [9.17, 15) is 9.59 Å². The van der Waals surface area contributed by atoms with Crippen molar-refractivity contribution < 1.29 is 9.59 Å². The van der Waals surface area contributed by atoms with E-state index in [1.165, 1.54) is 5.69 Å². The smallest absolute Gasteiger partial charge is 0.251 e. The lowest BCUT2D eigenvalue weighted by atomic mass is 9.80. The second-order valence-corrected chi connectivity index (χ2v) is 8.39. The van der Waals surface area contributed by atoms with E-state index >= 15 is 0 Å². The Hall–Kier alpha value is -2.67. The fourth-order valence-corrected chi connectivity index (χ4v) is 4.68. The summed E-state index contributed by atoms with van der Waals surface area (Å²) in [6, 6.07) is 5.16. The van der Waals surface area contributed by atoms with Crippen LogP contribution in [0.15, 0.2) is 24.5 Å². The summed E-state index contributed by atoms with van der Waals surface area (Å²) in [5, 5.41) is 6.51. The SMILES string of the molecule is Cc1cc(C)cc(C(=O)NC(C)C(=O)N2CCC3(CC2)NCCc2[nH]cnc23)c1. The first-order chi connectivity index (χ1) is 13.9. The number of nitrogens with one attached hydrogen (secondary N) is 3. The average Bonchev–Trinajstić information content (AvgIpc) is 3.18. The third-order valence-corrected chi connectivity index (χ3v) is 6.14. The number of hydrogen-bond donors (Lipinski definition) is 3. The molecule has 2 amide bonds. The summed E-state index contributed by atoms with van der Waals surface area (Å²) in [6.07, 6.45) is 4.38. The summed E-state index contributed by atoms with van der Waals surface area (Å²) in [7, 11) is 0. The van der Waals surface area contributed by atoms with Gasteiger partial charge in [-0.05, 0) is 45.7 Å². The second-order valence-electron chi connectivity index (χ2n) is 8.39. The molecule has 1 fully saturated rings. The molecule has 0 radical (unpaired) electrons. The molecule has 4 rings (SSSR count). The van der Waals surface area contributed by atoms with E-state index in [0.717, 1.165) is 42.6 Å². The van der Waals surface area contributed by atoms with Crippen LogP contribution in [0.4, 0.5) is 0 Å². The van der Waals surface area contributed by atoms with E-state index in [4.69, 9.17) is 0 Å². The van der Waals surface area contributed by atoms with Crippen LogP contribution < -0.4 is 10.6 Å². The van der Waals surface area contributed by atoms with Gasteiger partial charge in [0.2, 0.25) is 5.91 Å². The lowest BCUT2D eigenvalue weighted by Gasteiger charge is -2.44. The van der Waals surface area contributed by atoms with Crippen molar-refractivity contribution in [3.05, 3.63) is 52.6 Å². The van der Waals surface area contributed by atoms with Crippen LogP contribution >= 0.6 is 0 Å². The quantitative estimate of drug-likeness (QED) is 0.739. The monoisotopic (exact) mass is 395 g/mol. The van der Waals surface area contributed by atoms with Crippen molar-refractivity contribution in [3.8, 4) is 0 Å². The first kappa shape index (κ1) is 19.6. The van der Waals surface area contributed by atoms with Gasteiger partial charge in [0.05, 0.1) is 17.6 Å². The van der Waals surface area contributed by atoms with Crippen molar-refractivity contribution in [3.63, 3.8) is 0 Å². The summed E-state index contributed by atoms with van der Waals surface area (Å²) >= 11 is 0. The molecule has 0 saturated carbocycles. The topological polar surface area (TPSA) is 90.1 Å². The van der Waals surface area contributed by atoms with Crippen molar-refractivity contribution in [1.82, 2.24) is 25.5 Å². The Morgan fingerprint density at radius 1 is 1.17 bits per heavy atom. The fraction of sp³-hybridized carbons (Fsp3) is 0.500. The predicted octanol–water partition coefficient (Wildman–Crippen LogP) is 1.81. The van der Waals surface area contributed by atoms with Gasteiger partial charge in [-0.1, -0.05) is 17.2 Å². The average molecular weight is 396 g/mol. The highest BCUT2D eigenvalue weighted by atomic mass is 16.2. The lowest BCUT2D eigenvalue weighted by molar-refractivity contribution is -0.134. The number of piperidine rings is 1. The Labute approximate surface area is 171 Å². The zero-order valence-corrected chi connectivity index (χ0v) is 17.3. The van der Waals surface area contributed by atoms with E-state index in [0.29, 0.717) is 18.7 Å². The number of rotatable bonds is 3. The van der Waals surface area contributed by atoms with E-state index in [-0.39, 0.29) is 17.4 Å². The number of amides is 2. The number of aryl methyl sites for hydroxylation is 2. The Balaban J connectivity index is 1.38. The molecule has 7 heteroatoms. The molecule has 2 aliphatic heterocycles. The van der Waals surface area contributed by atoms with Crippen LogP contribution in [0.25, 0.3) is 0 Å². The van der Waals surface area contributed by atoms with Gasteiger partial charge in [0.15, 0.2) is 0 Å². The lowest BCUT2D eigenvalue weighted by Crippen LogP contribution is -2.57. The standard InChI is InChI=1S/C22H29N5O2/c1-14-10-15(2)12-17(11-14)20(28)26-16(3)21(29)27-8-5-22(6-9-27)19-18(4-7-25-22)23-13-24-19/h10-13,16,25H,4-9H2,1-3H3,(H,23,24)(H,26,28). The molecule has 1 unspecified atom stereocenters. The third kappa shape index (κ3) is 3.79. The second kappa shape index (κ2) is 7.63. The Morgan fingerprint density at radius 2 is 1.86 bits per heavy atom. The molecule has 1 aromatic heterocycles. The van der Waals surface area contributed by atoms with Gasteiger partial charge in [-0.15, -0.1) is 0 Å². The van der Waals surface area contributed by atoms with Crippen molar-refractivity contribution in [1.29, 1.82) is 0 Å². The van der Waals surface area contributed by atoms with Gasteiger partial charge >= 0.3 is 0 Å². The van der Waals surface area contributed by atoms with Gasteiger partial charge in [0.1, 0.15) is 6.04 Å². The maximum atomic E-state index is 12.9. The molecule has 2 aliphatic rings. The Kier molecular flexibility index (Phi) is 5.17. The number of aromatic nitrogens is 2. The maximum absolute atomic E-state index is 12.9. The molecule has 0 aliphatic carbocycles. The van der Waals surface area contributed by atoms with Crippen LogP contribution in [0, 0.1) is 13.8 Å². The number of fused-ring (bicyclic) bond motifs is 2. The molecule has 154 valence electrons. The van der Waals surface area contributed by atoms with Crippen LogP contribution in [0.1, 0.15) is 52.6 Å². The maximum Gasteiger partial charge on any atom is 0.251 e. The fourth-order valence-electron chi connectivity index (χ4n) is 4.68. The van der Waals surface area contributed by atoms with Crippen LogP contribution in [0.3, 0.4) is 0 Å². The van der Waals surface area contributed by atoms with Crippen molar-refractivity contribution >= 4 is 11.8 Å². The minimum atomic E-state index is -0.558. The summed E-state index contributed by atoms with van der Waals surface area (Å²) in [4.78, 5) is 35.2. The Morgan fingerprint density at radius 3 is 2.55 bits per heavy atom. The number of imidazole rings is 1. The minimum Gasteiger partial charge on any atom is -0.348 e. The predicted molar refractivity (Wildman–Crippen MR) is 111 cm³/mol. The molecule has 2 aromatic rings. The van der Waals surface area contributed by atoms with Gasteiger partial charge in [-0.3, -0.25) is 9.59 Å². The number of carbonyl (C=O) groups is 2. The zero-order chi connectivity index (χ0) is 20.6. The molecule has 1 spiro atoms. The van der Waals surface area contributed by atoms with Gasteiger partial charge in [0.25, 0.3) is 5.91 Å². The van der Waals surface area contributed by atoms with E-state index in [1.807, 2.05) is 36.9 Å². The number of aromatic amines is 1. The summed E-state index contributed by atoms with van der Waals surface area (Å²) in [5.74, 6) is -0.239. The first-order valence-electron chi connectivity index (χ1n) is 10.3. The van der Waals surface area contributed by atoms with Crippen molar-refractivity contribution in [2.75, 3.05) is 19.6 Å². The largest absolute Gasteiger partial charge is 0.348 e. The molecule has 1 atom stereocenters. The van der Waals surface area contributed by atoms with E-state index in [1.54, 1.807) is 13.3 Å². The minimum absolute atomic E-state index is 0.0318. The van der Waals surface area contributed by atoms with Crippen molar-refractivity contribution in [2.45, 2.75) is 51.6 Å². The third-order valence-electron chi connectivity index (χ3n) is 6.14. The first-order valence-corrected chi connectivity index (χ1v) is 10.3. The van der Waals surface area contributed by atoms with Crippen LogP contribution in [-0.4, -0.2) is 52.4 Å². The van der Waals surface area contributed by atoms with Crippen molar-refractivity contribution in [2.24, 2.45) is 0 Å². The number of hydrogen-bond acceptors (Lipinski definition) is 4. The molecule has 0 bridgehead atoms. The molecule has 3 heterocycles. The summed E-state index contributed by atoms with van der Waals surface area (Å²) in [6.45, 7) is 7.92. The van der Waals surface area contributed by atoms with Gasteiger partial charge < -0.3 is 20.5 Å². The number of benzene rings is 1. The molecular formula is C22H29N5O2. The van der Waals surface area contributed by atoms with Gasteiger partial charge in [-0.2, -0.15) is 0 Å². The van der Waals surface area contributed by atoms with Crippen LogP contribution in [0.2, 0.25) is 0 Å². The summed E-state index contributed by atoms with van der Waals surface area (Å²) in [5.41, 5.74) is 4.83. The number of carbonyl (C=O) groups excluding carboxylic acids is 2. The number of nitrogens with zero attached hydrogens (tertiary/aromatic N) is 2. The molecule has 7 nitrogen and oxygen atoms in total. The van der Waals surface area contributed by atoms with Gasteiger partial charge in [0, 0.05) is 37.3 Å². The zero-order valence-electron chi connectivity index (χ0n) is 17.3. The Bertz CT molecular complexity index is 907. The molecule has 3 N–H and O–H groups in total. The van der Waals surface area contributed by atoms with Crippen LogP contribution in [0.5, 0.6) is 0 Å². The number of likely N-dealkylation sites (tertiary alicyclic amines) is 1. The summed E-state index contributed by atoms with van der Waals surface area (Å²) < 4.78 is 0. The highest BCUT2D eigenvalue weighted by Crippen LogP contribution is 2.35. The molecule has 1 aromatic carbocycles. The van der Waals surface area contributed by atoms with E-state index in [2.05, 4.69) is 20.6 Å². The normalized spacial score (nSPS) is 18.9. The van der Waals surface area contributed by atoms with Crippen LogP contribution in [-0.2, 0) is 16.8 Å². The van der Waals surface area contributed by atoms with E-state index < -0.39 is 6.04 Å². The van der Waals surface area contributed by atoms with Gasteiger partial charge in [-0.25, -0.2) is 4.98 Å². The highest BCUT2D eigenvalue weighted by molar-refractivity contribution is 5.97. The molecule has 29 heavy (non-hydrogen) atoms. The molecule has 1 saturated heterocycles.